The molecule has 0 radical (unpaired) electrons. The van der Waals surface area contributed by atoms with Gasteiger partial charge in [-0.2, -0.15) is 0 Å². The van der Waals surface area contributed by atoms with Crippen LogP contribution in [-0.4, -0.2) is 5.78 Å². The quantitative estimate of drug-likeness (QED) is 0.419. The molecular weight excluding hydrogens is 312 g/mol. The second-order valence-electron chi connectivity index (χ2n) is 4.57. The Labute approximate surface area is 123 Å². The van der Waals surface area contributed by atoms with Crippen LogP contribution in [0.1, 0.15) is 62.2 Å². The SMILES string of the molecule is CCCCCCCCC(=O)c1ccc(Br)c(Cl)c1. The number of hydrogen-bond acceptors (Lipinski definition) is 1. The molecule has 0 amide bonds. The average Bonchev–Trinajstić information content (AvgIpc) is 2.36. The van der Waals surface area contributed by atoms with Gasteiger partial charge in [-0.25, -0.2) is 0 Å². The molecule has 0 spiro atoms. The Morgan fingerprint density at radius 1 is 1.17 bits per heavy atom. The van der Waals surface area contributed by atoms with Crippen molar-refractivity contribution in [1.82, 2.24) is 0 Å². The highest BCUT2D eigenvalue weighted by Crippen LogP contribution is 2.24. The minimum Gasteiger partial charge on any atom is -0.294 e. The van der Waals surface area contributed by atoms with Crippen molar-refractivity contribution in [2.45, 2.75) is 51.9 Å². The lowest BCUT2D eigenvalue weighted by atomic mass is 10.0. The highest BCUT2D eigenvalue weighted by Gasteiger charge is 2.07. The summed E-state index contributed by atoms with van der Waals surface area (Å²) in [5, 5.41) is 0.601. The van der Waals surface area contributed by atoms with Crippen molar-refractivity contribution in [3.63, 3.8) is 0 Å². The van der Waals surface area contributed by atoms with Crippen LogP contribution < -0.4 is 0 Å². The van der Waals surface area contributed by atoms with Gasteiger partial charge in [0.2, 0.25) is 0 Å². The van der Waals surface area contributed by atoms with Crippen molar-refractivity contribution in [1.29, 1.82) is 0 Å². The largest absolute Gasteiger partial charge is 0.294 e. The van der Waals surface area contributed by atoms with E-state index in [1.54, 1.807) is 6.07 Å². The maximum atomic E-state index is 11.9. The van der Waals surface area contributed by atoms with Crippen molar-refractivity contribution in [2.75, 3.05) is 0 Å². The fraction of sp³-hybridized carbons (Fsp3) is 0.533. The molecule has 0 heterocycles. The van der Waals surface area contributed by atoms with E-state index in [0.29, 0.717) is 11.4 Å². The zero-order chi connectivity index (χ0) is 13.4. The van der Waals surface area contributed by atoms with Crippen molar-refractivity contribution in [3.8, 4) is 0 Å². The fourth-order valence-corrected chi connectivity index (χ4v) is 2.31. The Hall–Kier alpha value is -0.340. The third kappa shape index (κ3) is 5.53. The van der Waals surface area contributed by atoms with Crippen LogP contribution in [0, 0.1) is 0 Å². The van der Waals surface area contributed by atoms with Crippen LogP contribution in [0.15, 0.2) is 22.7 Å². The lowest BCUT2D eigenvalue weighted by molar-refractivity contribution is 0.0979. The predicted octanol–water partition coefficient (Wildman–Crippen LogP) is 6.04. The molecule has 0 unspecified atom stereocenters. The molecule has 1 rings (SSSR count). The van der Waals surface area contributed by atoms with Crippen molar-refractivity contribution in [2.24, 2.45) is 0 Å². The van der Waals surface area contributed by atoms with Gasteiger partial charge < -0.3 is 0 Å². The van der Waals surface area contributed by atoms with Gasteiger partial charge in [0, 0.05) is 16.5 Å². The van der Waals surface area contributed by atoms with E-state index in [1.807, 2.05) is 12.1 Å². The van der Waals surface area contributed by atoms with Gasteiger partial charge in [0.15, 0.2) is 5.78 Å². The Morgan fingerprint density at radius 2 is 1.83 bits per heavy atom. The monoisotopic (exact) mass is 330 g/mol. The van der Waals surface area contributed by atoms with Gasteiger partial charge in [-0.1, -0.05) is 56.7 Å². The van der Waals surface area contributed by atoms with Crippen molar-refractivity contribution in [3.05, 3.63) is 33.3 Å². The zero-order valence-corrected chi connectivity index (χ0v) is 13.2. The Balaban J connectivity index is 2.30. The topological polar surface area (TPSA) is 17.1 Å². The molecule has 0 aliphatic carbocycles. The second-order valence-corrected chi connectivity index (χ2v) is 5.83. The number of carbonyl (C=O) groups excluding carboxylic acids is 1. The van der Waals surface area contributed by atoms with Gasteiger partial charge in [-0.3, -0.25) is 4.79 Å². The van der Waals surface area contributed by atoms with E-state index >= 15 is 0 Å². The molecule has 0 N–H and O–H groups in total. The predicted molar refractivity (Wildman–Crippen MR) is 81.5 cm³/mol. The van der Waals surface area contributed by atoms with Crippen LogP contribution in [0.4, 0.5) is 0 Å². The van der Waals surface area contributed by atoms with Crippen LogP contribution in [-0.2, 0) is 0 Å². The second kappa shape index (κ2) is 8.71. The molecule has 3 heteroatoms. The smallest absolute Gasteiger partial charge is 0.162 e. The molecular formula is C15H20BrClO. The maximum absolute atomic E-state index is 11.9. The summed E-state index contributed by atoms with van der Waals surface area (Å²) in [6.45, 7) is 2.21. The van der Waals surface area contributed by atoms with Gasteiger partial charge in [0.05, 0.1) is 5.02 Å². The molecule has 1 aromatic carbocycles. The fourth-order valence-electron chi connectivity index (χ4n) is 1.88. The molecule has 0 bridgehead atoms. The average molecular weight is 332 g/mol. The number of ketones is 1. The Kier molecular flexibility index (Phi) is 7.60. The van der Waals surface area contributed by atoms with Gasteiger partial charge in [0.25, 0.3) is 0 Å². The number of Topliss-reactive ketones (excluding diaryl/α,β-unsaturated/α-hetero) is 1. The molecule has 0 aromatic heterocycles. The summed E-state index contributed by atoms with van der Waals surface area (Å²) in [6.07, 6.45) is 7.85. The van der Waals surface area contributed by atoms with E-state index in [-0.39, 0.29) is 5.78 Å². The highest BCUT2D eigenvalue weighted by molar-refractivity contribution is 9.10. The summed E-state index contributed by atoms with van der Waals surface area (Å²) in [5.41, 5.74) is 0.719. The van der Waals surface area contributed by atoms with Crippen molar-refractivity contribution < 1.29 is 4.79 Å². The Morgan fingerprint density at radius 3 is 2.50 bits per heavy atom. The normalized spacial score (nSPS) is 10.6. The minimum absolute atomic E-state index is 0.194. The first-order valence-corrected chi connectivity index (χ1v) is 7.80. The van der Waals surface area contributed by atoms with E-state index in [2.05, 4.69) is 22.9 Å². The van der Waals surface area contributed by atoms with E-state index in [4.69, 9.17) is 11.6 Å². The molecule has 1 nitrogen and oxygen atoms in total. The number of rotatable bonds is 8. The number of benzene rings is 1. The molecule has 100 valence electrons. The summed E-state index contributed by atoms with van der Waals surface area (Å²) in [5.74, 6) is 0.194. The van der Waals surface area contributed by atoms with Crippen molar-refractivity contribution >= 4 is 33.3 Å². The number of hydrogen-bond donors (Lipinski definition) is 0. The third-order valence-electron chi connectivity index (χ3n) is 3.00. The Bertz CT molecular complexity index is 390. The van der Waals surface area contributed by atoms with Gasteiger partial charge in [-0.05, 0) is 34.5 Å². The van der Waals surface area contributed by atoms with E-state index < -0.39 is 0 Å². The molecule has 0 saturated heterocycles. The molecule has 0 aliphatic heterocycles. The highest BCUT2D eigenvalue weighted by atomic mass is 79.9. The summed E-state index contributed by atoms with van der Waals surface area (Å²) >= 11 is 9.30. The maximum Gasteiger partial charge on any atom is 0.162 e. The first kappa shape index (κ1) is 15.7. The summed E-state index contributed by atoms with van der Waals surface area (Å²) < 4.78 is 0.834. The lowest BCUT2D eigenvalue weighted by Gasteiger charge is -2.03. The standard InChI is InChI=1S/C15H20BrClO/c1-2-3-4-5-6-7-8-15(18)12-9-10-13(16)14(17)11-12/h9-11H,2-8H2,1H3. The molecule has 0 saturated carbocycles. The first-order valence-electron chi connectivity index (χ1n) is 6.63. The minimum atomic E-state index is 0.194. The van der Waals surface area contributed by atoms with Gasteiger partial charge in [0.1, 0.15) is 0 Å². The number of unbranched alkanes of at least 4 members (excludes halogenated alkanes) is 5. The molecule has 18 heavy (non-hydrogen) atoms. The molecule has 0 atom stereocenters. The van der Waals surface area contributed by atoms with Crippen LogP contribution >= 0.6 is 27.5 Å². The van der Waals surface area contributed by atoms with E-state index in [9.17, 15) is 4.79 Å². The van der Waals surface area contributed by atoms with Crippen LogP contribution in [0.25, 0.3) is 0 Å². The van der Waals surface area contributed by atoms with Gasteiger partial charge in [-0.15, -0.1) is 0 Å². The lowest BCUT2D eigenvalue weighted by Crippen LogP contribution is -1.98. The van der Waals surface area contributed by atoms with Gasteiger partial charge >= 0.3 is 0 Å². The third-order valence-corrected chi connectivity index (χ3v) is 4.23. The van der Waals surface area contributed by atoms with E-state index in [1.165, 1.54) is 25.7 Å². The van der Waals surface area contributed by atoms with Crippen LogP contribution in [0.2, 0.25) is 5.02 Å². The number of carbonyl (C=O) groups is 1. The molecule has 0 aliphatic rings. The summed E-state index contributed by atoms with van der Waals surface area (Å²) in [7, 11) is 0. The molecule has 0 fully saturated rings. The van der Waals surface area contributed by atoms with E-state index in [0.717, 1.165) is 22.9 Å². The summed E-state index contributed by atoms with van der Waals surface area (Å²) in [6, 6.07) is 5.40. The first-order chi connectivity index (χ1) is 8.65. The van der Waals surface area contributed by atoms with Crippen LogP contribution in [0.5, 0.6) is 0 Å². The zero-order valence-electron chi connectivity index (χ0n) is 10.8. The van der Waals surface area contributed by atoms with Crippen LogP contribution in [0.3, 0.4) is 0 Å². The molecule has 1 aromatic rings. The summed E-state index contributed by atoms with van der Waals surface area (Å²) in [4.78, 5) is 11.9. The number of halogens is 2.